The first-order chi connectivity index (χ1) is 14.2. The number of methoxy groups -OCH3 is 1. The molecule has 0 bridgehead atoms. The summed E-state index contributed by atoms with van der Waals surface area (Å²) in [5.41, 5.74) is 1.74. The van der Waals surface area contributed by atoms with Gasteiger partial charge in [0.1, 0.15) is 12.7 Å². The highest BCUT2D eigenvalue weighted by Gasteiger charge is 2.16. The van der Waals surface area contributed by atoms with Gasteiger partial charge in [-0.3, -0.25) is 4.79 Å². The molecule has 1 N–H and O–H groups in total. The quantitative estimate of drug-likeness (QED) is 0.570. The molecule has 5 nitrogen and oxygen atoms in total. The first kappa shape index (κ1) is 24.2. The number of benzene rings is 2. The number of aliphatic hydroxyl groups is 1. The maximum Gasteiger partial charge on any atom is 0.163 e. The van der Waals surface area contributed by atoms with E-state index >= 15 is 0 Å². The number of halogens is 1. The van der Waals surface area contributed by atoms with E-state index in [0.717, 1.165) is 24.2 Å². The van der Waals surface area contributed by atoms with Crippen LogP contribution in [-0.4, -0.2) is 55.2 Å². The molecule has 6 heteroatoms. The molecule has 0 radical (unpaired) electrons. The number of nitrogens with zero attached hydrogens (tertiary/aromatic N) is 1. The number of aryl methyl sites for hydroxylation is 1. The van der Waals surface area contributed by atoms with Gasteiger partial charge in [0, 0.05) is 18.5 Å². The molecular formula is C24H32ClNO4. The minimum Gasteiger partial charge on any atom is -0.493 e. The van der Waals surface area contributed by atoms with E-state index in [2.05, 4.69) is 4.90 Å². The lowest BCUT2D eigenvalue weighted by atomic mass is 10.0. The summed E-state index contributed by atoms with van der Waals surface area (Å²) in [7, 11) is 1.60. The Kier molecular flexibility index (Phi) is 10.1. The molecule has 1 saturated heterocycles. The summed E-state index contributed by atoms with van der Waals surface area (Å²) in [6.45, 7) is 2.95. The van der Waals surface area contributed by atoms with Crippen LogP contribution in [0.15, 0.2) is 48.5 Å². The van der Waals surface area contributed by atoms with Crippen molar-refractivity contribution < 1.29 is 19.4 Å². The van der Waals surface area contributed by atoms with Gasteiger partial charge in [-0.25, -0.2) is 0 Å². The van der Waals surface area contributed by atoms with E-state index in [4.69, 9.17) is 9.47 Å². The van der Waals surface area contributed by atoms with Crippen LogP contribution in [0, 0.1) is 0 Å². The molecule has 3 rings (SSSR count). The molecule has 1 aliphatic heterocycles. The van der Waals surface area contributed by atoms with E-state index in [1.165, 1.54) is 19.3 Å². The lowest BCUT2D eigenvalue weighted by Crippen LogP contribution is -2.38. The van der Waals surface area contributed by atoms with Crippen LogP contribution in [0.3, 0.4) is 0 Å². The first-order valence-corrected chi connectivity index (χ1v) is 10.4. The van der Waals surface area contributed by atoms with Gasteiger partial charge in [-0.05, 0) is 50.0 Å². The van der Waals surface area contributed by atoms with Crippen molar-refractivity contribution in [2.24, 2.45) is 0 Å². The van der Waals surface area contributed by atoms with Crippen LogP contribution in [0.4, 0.5) is 0 Å². The lowest BCUT2D eigenvalue weighted by Gasteiger charge is -2.28. The van der Waals surface area contributed by atoms with E-state index in [0.29, 0.717) is 30.9 Å². The van der Waals surface area contributed by atoms with Crippen molar-refractivity contribution in [1.82, 2.24) is 4.90 Å². The van der Waals surface area contributed by atoms with Gasteiger partial charge < -0.3 is 19.5 Å². The third-order valence-electron chi connectivity index (χ3n) is 5.31. The Morgan fingerprint density at radius 3 is 2.50 bits per heavy atom. The number of hydrogen-bond donors (Lipinski definition) is 1. The van der Waals surface area contributed by atoms with Gasteiger partial charge in [0.25, 0.3) is 0 Å². The molecule has 30 heavy (non-hydrogen) atoms. The van der Waals surface area contributed by atoms with Crippen LogP contribution in [0.2, 0.25) is 0 Å². The van der Waals surface area contributed by atoms with Crippen molar-refractivity contribution in [3.05, 3.63) is 59.7 Å². The van der Waals surface area contributed by atoms with E-state index in [1.807, 2.05) is 48.5 Å². The Hall–Kier alpha value is -2.08. The van der Waals surface area contributed by atoms with E-state index in [-0.39, 0.29) is 24.8 Å². The third-order valence-corrected chi connectivity index (χ3v) is 5.31. The summed E-state index contributed by atoms with van der Waals surface area (Å²) in [6, 6.07) is 15.1. The fourth-order valence-electron chi connectivity index (χ4n) is 3.69. The number of carbonyl (C=O) groups excluding carboxylic acids is 1. The highest BCUT2D eigenvalue weighted by molar-refractivity contribution is 5.96. The van der Waals surface area contributed by atoms with Crippen LogP contribution in [0.1, 0.15) is 41.6 Å². The molecule has 0 amide bonds. The van der Waals surface area contributed by atoms with Crippen LogP contribution in [-0.2, 0) is 6.42 Å². The fraction of sp³-hybridized carbons (Fsp3) is 0.458. The SMILES string of the molecule is COc1ccc(CCC(=O)c2ccccc2)cc1OCC(O)CN1CCCCC1.Cl. The summed E-state index contributed by atoms with van der Waals surface area (Å²) in [5, 5.41) is 10.3. The van der Waals surface area contributed by atoms with E-state index < -0.39 is 6.10 Å². The van der Waals surface area contributed by atoms with Crippen LogP contribution < -0.4 is 9.47 Å². The van der Waals surface area contributed by atoms with Crippen molar-refractivity contribution in [3.63, 3.8) is 0 Å². The second-order valence-electron chi connectivity index (χ2n) is 7.60. The Balaban J connectivity index is 0.00000320. The molecule has 0 aliphatic carbocycles. The number of piperidine rings is 1. The second kappa shape index (κ2) is 12.6. The lowest BCUT2D eigenvalue weighted by molar-refractivity contribution is 0.0608. The molecule has 1 atom stereocenters. The van der Waals surface area contributed by atoms with Crippen molar-refractivity contribution in [2.75, 3.05) is 33.4 Å². The summed E-state index contributed by atoms with van der Waals surface area (Å²) in [4.78, 5) is 14.6. The standard InChI is InChI=1S/C24H31NO4.ClH/c1-28-23-13-11-19(10-12-22(27)20-8-4-2-5-9-20)16-24(23)29-18-21(26)17-25-14-6-3-7-15-25;/h2,4-5,8-9,11,13,16,21,26H,3,6-7,10,12,14-15,17-18H2,1H3;1H. The number of rotatable bonds is 10. The molecule has 0 saturated carbocycles. The number of aliphatic hydroxyl groups excluding tert-OH is 1. The molecule has 0 spiro atoms. The average Bonchev–Trinajstić information content (AvgIpc) is 2.77. The van der Waals surface area contributed by atoms with Crippen LogP contribution in [0.25, 0.3) is 0 Å². The zero-order valence-electron chi connectivity index (χ0n) is 17.6. The van der Waals surface area contributed by atoms with Crippen molar-refractivity contribution >= 4 is 18.2 Å². The number of hydrogen-bond acceptors (Lipinski definition) is 5. The van der Waals surface area contributed by atoms with E-state index in [1.54, 1.807) is 7.11 Å². The molecule has 164 valence electrons. The fourth-order valence-corrected chi connectivity index (χ4v) is 3.69. The number of β-amino-alcohol motifs (C(OH)–C–C–N with tert-alkyl or cyclic N) is 1. The number of carbonyl (C=O) groups is 1. The zero-order chi connectivity index (χ0) is 20.5. The normalized spacial score (nSPS) is 15.1. The van der Waals surface area contributed by atoms with Gasteiger partial charge in [0.05, 0.1) is 7.11 Å². The summed E-state index contributed by atoms with van der Waals surface area (Å²) in [6.07, 6.45) is 4.20. The molecule has 1 heterocycles. The molecule has 0 aromatic heterocycles. The van der Waals surface area contributed by atoms with Crippen molar-refractivity contribution in [1.29, 1.82) is 0 Å². The predicted molar refractivity (Wildman–Crippen MR) is 121 cm³/mol. The molecular weight excluding hydrogens is 402 g/mol. The van der Waals surface area contributed by atoms with Gasteiger partial charge in [0.15, 0.2) is 17.3 Å². The maximum atomic E-state index is 12.3. The topological polar surface area (TPSA) is 59.0 Å². The summed E-state index contributed by atoms with van der Waals surface area (Å²) < 4.78 is 11.3. The number of ketones is 1. The average molecular weight is 434 g/mol. The minimum absolute atomic E-state index is 0. The van der Waals surface area contributed by atoms with Gasteiger partial charge in [0.2, 0.25) is 0 Å². The van der Waals surface area contributed by atoms with Gasteiger partial charge in [-0.1, -0.05) is 42.8 Å². The Bertz CT molecular complexity index is 778. The Morgan fingerprint density at radius 1 is 1.07 bits per heavy atom. The molecule has 2 aromatic rings. The van der Waals surface area contributed by atoms with Gasteiger partial charge in [-0.15, -0.1) is 12.4 Å². The van der Waals surface area contributed by atoms with Crippen LogP contribution >= 0.6 is 12.4 Å². The molecule has 1 fully saturated rings. The first-order valence-electron chi connectivity index (χ1n) is 10.4. The largest absolute Gasteiger partial charge is 0.493 e. The molecule has 1 unspecified atom stereocenters. The summed E-state index contributed by atoms with van der Waals surface area (Å²) >= 11 is 0. The van der Waals surface area contributed by atoms with Crippen molar-refractivity contribution in [3.8, 4) is 11.5 Å². The Morgan fingerprint density at radius 2 is 1.80 bits per heavy atom. The minimum atomic E-state index is -0.541. The predicted octanol–water partition coefficient (Wildman–Crippen LogP) is 4.16. The highest BCUT2D eigenvalue weighted by atomic mass is 35.5. The molecule has 2 aromatic carbocycles. The van der Waals surface area contributed by atoms with E-state index in [9.17, 15) is 9.90 Å². The number of Topliss-reactive ketones (excluding diaryl/α,β-unsaturated/α-hetero) is 1. The second-order valence-corrected chi connectivity index (χ2v) is 7.60. The van der Waals surface area contributed by atoms with Gasteiger partial charge in [-0.2, -0.15) is 0 Å². The molecule has 1 aliphatic rings. The number of ether oxygens (including phenoxy) is 2. The maximum absolute atomic E-state index is 12.3. The van der Waals surface area contributed by atoms with Crippen LogP contribution in [0.5, 0.6) is 11.5 Å². The monoisotopic (exact) mass is 433 g/mol. The zero-order valence-corrected chi connectivity index (χ0v) is 18.4. The van der Waals surface area contributed by atoms with Gasteiger partial charge >= 0.3 is 0 Å². The van der Waals surface area contributed by atoms with Crippen molar-refractivity contribution in [2.45, 2.75) is 38.2 Å². The third kappa shape index (κ3) is 7.31. The summed E-state index contributed by atoms with van der Waals surface area (Å²) in [5.74, 6) is 1.36. The number of likely N-dealkylation sites (tertiary alicyclic amines) is 1. The highest BCUT2D eigenvalue weighted by Crippen LogP contribution is 2.29. The Labute approximate surface area is 185 Å². The smallest absolute Gasteiger partial charge is 0.163 e.